The van der Waals surface area contributed by atoms with Crippen molar-refractivity contribution in [3.63, 3.8) is 0 Å². The van der Waals surface area contributed by atoms with Crippen molar-refractivity contribution in [1.82, 2.24) is 0 Å². The van der Waals surface area contributed by atoms with Crippen molar-refractivity contribution >= 4 is 11.9 Å². The summed E-state index contributed by atoms with van der Waals surface area (Å²) in [6.45, 7) is 3.93. The Kier molecular flexibility index (Phi) is 4.36. The van der Waals surface area contributed by atoms with Gasteiger partial charge in [-0.05, 0) is 11.8 Å². The molecule has 0 aliphatic carbocycles. The van der Waals surface area contributed by atoms with E-state index < -0.39 is 17.4 Å². The number of carboxylic acid groups (broad SMARTS) is 1. The van der Waals surface area contributed by atoms with E-state index in [2.05, 4.69) is 4.99 Å². The average Bonchev–Trinajstić information content (AvgIpc) is 2.01. The maximum absolute atomic E-state index is 10.6. The Morgan fingerprint density at radius 1 is 1.50 bits per heavy atom. The van der Waals surface area contributed by atoms with E-state index in [1.807, 2.05) is 0 Å². The Labute approximate surface area is 83.2 Å². The van der Waals surface area contributed by atoms with Gasteiger partial charge in [0.05, 0.1) is 0 Å². The molecule has 0 heterocycles. The van der Waals surface area contributed by atoms with Crippen LogP contribution in [0.15, 0.2) is 4.99 Å². The number of rotatable bonds is 5. The monoisotopic (exact) mass is 202 g/mol. The molecule has 0 aliphatic heterocycles. The molecule has 0 amide bonds. The van der Waals surface area contributed by atoms with Crippen molar-refractivity contribution in [2.45, 2.75) is 26.3 Å². The van der Waals surface area contributed by atoms with Crippen molar-refractivity contribution in [3.8, 4) is 0 Å². The lowest BCUT2D eigenvalue weighted by molar-refractivity contribution is -0.141. The zero-order valence-electron chi connectivity index (χ0n) is 8.53. The first kappa shape index (κ1) is 12.7. The predicted octanol–water partition coefficient (Wildman–Crippen LogP) is -0.912. The molecule has 0 fully saturated rings. The predicted molar refractivity (Wildman–Crippen MR) is 54.7 cm³/mol. The molecule has 7 N–H and O–H groups in total. The molecule has 0 aliphatic rings. The Balaban J connectivity index is 4.20. The zero-order chi connectivity index (χ0) is 11.4. The van der Waals surface area contributed by atoms with Gasteiger partial charge in [-0.2, -0.15) is 0 Å². The normalized spacial score (nSPS) is 13.4. The summed E-state index contributed by atoms with van der Waals surface area (Å²) in [6.07, 6.45) is 0.526. The number of carbonyl (C=O) groups is 1. The number of nitrogens with two attached hydrogens (primary N) is 3. The molecule has 6 nitrogen and oxygen atoms in total. The van der Waals surface area contributed by atoms with Crippen molar-refractivity contribution < 1.29 is 9.90 Å². The number of nitrogens with zero attached hydrogens (tertiary/aromatic N) is 1. The van der Waals surface area contributed by atoms with Crippen molar-refractivity contribution in [3.05, 3.63) is 0 Å². The maximum atomic E-state index is 10.6. The number of hydrogen-bond donors (Lipinski definition) is 4. The van der Waals surface area contributed by atoms with Crippen LogP contribution < -0.4 is 17.2 Å². The Bertz CT molecular complexity index is 233. The highest BCUT2D eigenvalue weighted by atomic mass is 16.4. The van der Waals surface area contributed by atoms with E-state index in [-0.39, 0.29) is 5.96 Å². The van der Waals surface area contributed by atoms with E-state index in [1.165, 1.54) is 0 Å². The second kappa shape index (κ2) is 4.80. The lowest BCUT2D eigenvalue weighted by Gasteiger charge is -2.27. The molecule has 6 heteroatoms. The van der Waals surface area contributed by atoms with Crippen LogP contribution in [0.2, 0.25) is 0 Å². The van der Waals surface area contributed by atoms with Crippen molar-refractivity contribution in [2.75, 3.05) is 6.54 Å². The lowest BCUT2D eigenvalue weighted by atomic mass is 9.82. The van der Waals surface area contributed by atoms with Gasteiger partial charge in [0.2, 0.25) is 0 Å². The highest BCUT2D eigenvalue weighted by Crippen LogP contribution is 2.23. The fraction of sp³-hybridized carbons (Fsp3) is 0.750. The molecule has 0 aromatic rings. The second-order valence-electron chi connectivity index (χ2n) is 3.86. The summed E-state index contributed by atoms with van der Waals surface area (Å²) >= 11 is 0. The SMILES string of the molecule is CC(C)(CCN=C(N)N)[C@H](N)C(=O)O. The molecule has 0 aromatic carbocycles. The smallest absolute Gasteiger partial charge is 0.321 e. The van der Waals surface area contributed by atoms with Crippen LogP contribution in [-0.2, 0) is 4.79 Å². The van der Waals surface area contributed by atoms with Crippen LogP contribution in [0.1, 0.15) is 20.3 Å². The number of carboxylic acids is 1. The molecule has 0 rings (SSSR count). The number of aliphatic imine (C=N–C) groups is 1. The van der Waals surface area contributed by atoms with E-state index in [1.54, 1.807) is 13.8 Å². The largest absolute Gasteiger partial charge is 0.480 e. The highest BCUT2D eigenvalue weighted by Gasteiger charge is 2.31. The maximum Gasteiger partial charge on any atom is 0.321 e. The van der Waals surface area contributed by atoms with Gasteiger partial charge in [0.25, 0.3) is 0 Å². The lowest BCUT2D eigenvalue weighted by Crippen LogP contribution is -2.44. The summed E-state index contributed by atoms with van der Waals surface area (Å²) in [4.78, 5) is 14.4. The molecule has 0 saturated carbocycles. The van der Waals surface area contributed by atoms with Crippen LogP contribution in [0, 0.1) is 5.41 Å². The van der Waals surface area contributed by atoms with Crippen LogP contribution in [0.3, 0.4) is 0 Å². The van der Waals surface area contributed by atoms with E-state index in [4.69, 9.17) is 22.3 Å². The van der Waals surface area contributed by atoms with Gasteiger partial charge in [-0.3, -0.25) is 9.79 Å². The summed E-state index contributed by atoms with van der Waals surface area (Å²) in [6, 6.07) is -0.906. The van der Waals surface area contributed by atoms with Gasteiger partial charge in [-0.15, -0.1) is 0 Å². The molecular weight excluding hydrogens is 184 g/mol. The number of guanidine groups is 1. The zero-order valence-corrected chi connectivity index (χ0v) is 8.53. The summed E-state index contributed by atoms with van der Waals surface area (Å²) in [7, 11) is 0. The summed E-state index contributed by atoms with van der Waals surface area (Å²) < 4.78 is 0. The van der Waals surface area contributed by atoms with Crippen LogP contribution in [0.4, 0.5) is 0 Å². The molecule has 0 saturated heterocycles. The first-order valence-electron chi connectivity index (χ1n) is 4.31. The van der Waals surface area contributed by atoms with Gasteiger partial charge >= 0.3 is 5.97 Å². The van der Waals surface area contributed by atoms with E-state index in [9.17, 15) is 4.79 Å². The van der Waals surface area contributed by atoms with Gasteiger partial charge in [-0.25, -0.2) is 0 Å². The molecule has 82 valence electrons. The molecule has 0 bridgehead atoms. The average molecular weight is 202 g/mol. The molecule has 14 heavy (non-hydrogen) atoms. The Morgan fingerprint density at radius 2 is 2.00 bits per heavy atom. The van der Waals surface area contributed by atoms with Gasteiger partial charge in [-0.1, -0.05) is 13.8 Å². The van der Waals surface area contributed by atoms with Gasteiger partial charge < -0.3 is 22.3 Å². The van der Waals surface area contributed by atoms with Crippen molar-refractivity contribution in [2.24, 2.45) is 27.6 Å². The topological polar surface area (TPSA) is 128 Å². The van der Waals surface area contributed by atoms with Crippen LogP contribution in [0.25, 0.3) is 0 Å². The summed E-state index contributed by atoms with van der Waals surface area (Å²) in [5.74, 6) is -1.01. The first-order chi connectivity index (χ1) is 6.27. The Hall–Kier alpha value is -1.30. The summed E-state index contributed by atoms with van der Waals surface area (Å²) in [5, 5.41) is 8.72. The molecule has 0 unspecified atom stereocenters. The fourth-order valence-corrected chi connectivity index (χ4v) is 0.963. The van der Waals surface area contributed by atoms with Gasteiger partial charge in [0.15, 0.2) is 5.96 Å². The number of aliphatic carboxylic acids is 1. The standard InChI is InChI=1S/C8H18N4O2/c1-8(2,5(9)6(13)14)3-4-12-7(10)11/h5H,3-4,9H2,1-2H3,(H,13,14)(H4,10,11,12)/t5-/m1/s1. The third-order valence-corrected chi connectivity index (χ3v) is 2.16. The van der Waals surface area contributed by atoms with Crippen LogP contribution in [-0.4, -0.2) is 29.6 Å². The van der Waals surface area contributed by atoms with Gasteiger partial charge in [0.1, 0.15) is 6.04 Å². The molecule has 0 radical (unpaired) electrons. The molecular formula is C8H18N4O2. The molecule has 0 spiro atoms. The van der Waals surface area contributed by atoms with E-state index in [0.717, 1.165) is 0 Å². The first-order valence-corrected chi connectivity index (χ1v) is 4.31. The highest BCUT2D eigenvalue weighted by molar-refractivity contribution is 5.75. The van der Waals surface area contributed by atoms with Crippen molar-refractivity contribution in [1.29, 1.82) is 0 Å². The van der Waals surface area contributed by atoms with E-state index in [0.29, 0.717) is 13.0 Å². The minimum absolute atomic E-state index is 0.00435. The third kappa shape index (κ3) is 4.08. The minimum Gasteiger partial charge on any atom is -0.480 e. The van der Waals surface area contributed by atoms with E-state index >= 15 is 0 Å². The molecule has 0 aromatic heterocycles. The van der Waals surface area contributed by atoms with Gasteiger partial charge in [0, 0.05) is 6.54 Å². The minimum atomic E-state index is -1.01. The molecule has 1 atom stereocenters. The quantitative estimate of drug-likeness (QED) is 0.339. The fourth-order valence-electron chi connectivity index (χ4n) is 0.963. The Morgan fingerprint density at radius 3 is 2.36 bits per heavy atom. The third-order valence-electron chi connectivity index (χ3n) is 2.16. The summed E-state index contributed by atoms with van der Waals surface area (Å²) in [5.41, 5.74) is 15.3. The van der Waals surface area contributed by atoms with Crippen LogP contribution in [0.5, 0.6) is 0 Å². The number of hydrogen-bond acceptors (Lipinski definition) is 3. The van der Waals surface area contributed by atoms with Crippen LogP contribution >= 0.6 is 0 Å². The second-order valence-corrected chi connectivity index (χ2v) is 3.86.